The van der Waals surface area contributed by atoms with Crippen molar-refractivity contribution in [1.29, 1.82) is 0 Å². The first-order valence-electron chi connectivity index (χ1n) is 7.05. The molecular weight excluding hydrogens is 347 g/mol. The summed E-state index contributed by atoms with van der Waals surface area (Å²) in [5, 5.41) is 3.89. The Balaban J connectivity index is 2.02. The van der Waals surface area contributed by atoms with Gasteiger partial charge < -0.3 is 15.4 Å². The minimum absolute atomic E-state index is 0.0433. The van der Waals surface area contributed by atoms with Crippen LogP contribution in [-0.4, -0.2) is 19.7 Å². The van der Waals surface area contributed by atoms with Gasteiger partial charge in [0.2, 0.25) is 5.82 Å². The quantitative estimate of drug-likeness (QED) is 0.485. The number of hydrogen-bond donors (Lipinski definition) is 2. The van der Waals surface area contributed by atoms with E-state index in [4.69, 9.17) is 4.74 Å². The molecule has 0 fully saturated rings. The molecule has 2 aromatic rings. The van der Waals surface area contributed by atoms with Crippen LogP contribution in [0.1, 0.15) is 5.56 Å². The lowest BCUT2D eigenvalue weighted by Crippen LogP contribution is -2.31. The monoisotopic (exact) mass is 360 g/mol. The number of ether oxygens (including phenoxy) is 1. The molecule has 0 spiro atoms. The third kappa shape index (κ3) is 3.98. The van der Waals surface area contributed by atoms with Gasteiger partial charge in [0.1, 0.15) is 11.4 Å². The number of carbonyl (C=O) groups excluding carboxylic acids is 1. The van der Waals surface area contributed by atoms with E-state index in [1.807, 2.05) is 0 Å². The summed E-state index contributed by atoms with van der Waals surface area (Å²) in [5.74, 6) is -10.2. The van der Waals surface area contributed by atoms with Crippen molar-refractivity contribution in [3.8, 4) is 5.75 Å². The van der Waals surface area contributed by atoms with Gasteiger partial charge in [-0.1, -0.05) is 18.2 Å². The highest BCUT2D eigenvalue weighted by Crippen LogP contribution is 2.27. The first-order valence-corrected chi connectivity index (χ1v) is 7.05. The number of hydrogen-bond acceptors (Lipinski definition) is 2. The minimum atomic E-state index is -2.29. The lowest BCUT2D eigenvalue weighted by Gasteiger charge is -2.12. The van der Waals surface area contributed by atoms with Crippen LogP contribution < -0.4 is 15.4 Å². The number of nitrogens with one attached hydrogen (secondary N) is 2. The molecule has 2 amide bonds. The van der Waals surface area contributed by atoms with Gasteiger partial charge in [-0.3, -0.25) is 0 Å². The third-order valence-electron chi connectivity index (χ3n) is 3.32. The van der Waals surface area contributed by atoms with Gasteiger partial charge in [-0.2, -0.15) is 0 Å². The Morgan fingerprint density at radius 3 is 2.12 bits per heavy atom. The summed E-state index contributed by atoms with van der Waals surface area (Å²) in [4.78, 5) is 11.6. The van der Waals surface area contributed by atoms with Crippen LogP contribution >= 0.6 is 0 Å². The van der Waals surface area contributed by atoms with Gasteiger partial charge >= 0.3 is 6.03 Å². The number of rotatable bonds is 5. The summed E-state index contributed by atoms with van der Waals surface area (Å²) in [6, 6.07) is 5.86. The van der Waals surface area contributed by atoms with Gasteiger partial charge in [0.05, 0.1) is 7.11 Å². The van der Waals surface area contributed by atoms with Gasteiger partial charge in [0.15, 0.2) is 23.3 Å². The van der Waals surface area contributed by atoms with Crippen LogP contribution in [0.15, 0.2) is 24.3 Å². The van der Waals surface area contributed by atoms with Gasteiger partial charge in [-0.15, -0.1) is 0 Å². The van der Waals surface area contributed by atoms with Crippen molar-refractivity contribution < 1.29 is 31.5 Å². The van der Waals surface area contributed by atoms with Crippen LogP contribution in [0, 0.1) is 29.1 Å². The second-order valence-electron chi connectivity index (χ2n) is 4.89. The number of methoxy groups -OCH3 is 1. The summed E-state index contributed by atoms with van der Waals surface area (Å²) >= 11 is 0. The Kier molecular flexibility index (Phi) is 5.79. The van der Waals surface area contributed by atoms with E-state index < -0.39 is 40.8 Å². The average molecular weight is 360 g/mol. The number of carbonyl (C=O) groups is 1. The Morgan fingerprint density at radius 1 is 0.960 bits per heavy atom. The fourth-order valence-corrected chi connectivity index (χ4v) is 2.09. The Hall–Kier alpha value is -2.84. The highest BCUT2D eigenvalue weighted by atomic mass is 19.2. The average Bonchev–Trinajstić information content (AvgIpc) is 2.62. The zero-order chi connectivity index (χ0) is 18.6. The van der Waals surface area contributed by atoms with E-state index >= 15 is 0 Å². The van der Waals surface area contributed by atoms with E-state index in [0.717, 1.165) is 5.56 Å². The molecule has 2 N–H and O–H groups in total. The van der Waals surface area contributed by atoms with Gasteiger partial charge in [0, 0.05) is 6.54 Å². The molecule has 0 aromatic heterocycles. The molecule has 2 aromatic carbocycles. The first kappa shape index (κ1) is 18.5. The van der Waals surface area contributed by atoms with E-state index in [-0.39, 0.29) is 6.54 Å². The van der Waals surface area contributed by atoms with Crippen LogP contribution in [0.2, 0.25) is 0 Å². The molecule has 0 unspecified atom stereocenters. The second kappa shape index (κ2) is 7.82. The normalized spacial score (nSPS) is 10.5. The molecule has 0 atom stereocenters. The molecule has 134 valence electrons. The molecule has 4 nitrogen and oxygen atoms in total. The van der Waals surface area contributed by atoms with Crippen molar-refractivity contribution in [2.45, 2.75) is 6.42 Å². The zero-order valence-corrected chi connectivity index (χ0v) is 12.9. The molecule has 0 bridgehead atoms. The number of anilines is 1. The summed E-state index contributed by atoms with van der Waals surface area (Å²) in [7, 11) is 1.47. The van der Waals surface area contributed by atoms with Crippen LogP contribution in [0.4, 0.5) is 32.4 Å². The second-order valence-corrected chi connectivity index (χ2v) is 4.89. The Labute approximate surface area is 139 Å². The standard InChI is InChI=1S/C16H13F5N2O2/c1-25-9-5-3-2-4-8(9)6-7-22-16(24)23-15-13(20)11(18)10(17)12(19)14(15)21/h2-5H,6-7H2,1H3,(H2,22,23,24). The van der Waals surface area contributed by atoms with E-state index in [0.29, 0.717) is 12.2 Å². The van der Waals surface area contributed by atoms with E-state index in [9.17, 15) is 26.7 Å². The molecule has 0 aliphatic carbocycles. The fourth-order valence-electron chi connectivity index (χ4n) is 2.09. The number of amides is 2. The minimum Gasteiger partial charge on any atom is -0.496 e. The lowest BCUT2D eigenvalue weighted by molar-refractivity contribution is 0.251. The Morgan fingerprint density at radius 2 is 1.52 bits per heavy atom. The molecule has 0 saturated heterocycles. The van der Waals surface area contributed by atoms with Crippen molar-refractivity contribution >= 4 is 11.7 Å². The van der Waals surface area contributed by atoms with Crippen LogP contribution in [0.5, 0.6) is 5.75 Å². The lowest BCUT2D eigenvalue weighted by atomic mass is 10.1. The summed E-state index contributed by atoms with van der Waals surface area (Å²) < 4.78 is 71.1. The van der Waals surface area contributed by atoms with Crippen molar-refractivity contribution in [2.75, 3.05) is 19.0 Å². The predicted octanol–water partition coefficient (Wildman–Crippen LogP) is 3.75. The summed E-state index contributed by atoms with van der Waals surface area (Å²) in [5.41, 5.74) is -0.646. The van der Waals surface area contributed by atoms with Crippen LogP contribution in [0.25, 0.3) is 0 Å². The SMILES string of the molecule is COc1ccccc1CCNC(=O)Nc1c(F)c(F)c(F)c(F)c1F. The maximum Gasteiger partial charge on any atom is 0.319 e. The number of benzene rings is 2. The van der Waals surface area contributed by atoms with E-state index in [2.05, 4.69) is 5.32 Å². The summed E-state index contributed by atoms with van der Waals surface area (Å²) in [6.45, 7) is 0.0433. The molecule has 0 aliphatic rings. The molecule has 9 heteroatoms. The summed E-state index contributed by atoms with van der Waals surface area (Å²) in [6.07, 6.45) is 0.328. The van der Waals surface area contributed by atoms with Crippen LogP contribution in [0.3, 0.4) is 0 Å². The smallest absolute Gasteiger partial charge is 0.319 e. The highest BCUT2D eigenvalue weighted by molar-refractivity contribution is 5.89. The molecule has 0 radical (unpaired) electrons. The fraction of sp³-hybridized carbons (Fsp3) is 0.188. The van der Waals surface area contributed by atoms with Crippen molar-refractivity contribution in [3.63, 3.8) is 0 Å². The predicted molar refractivity (Wildman–Crippen MR) is 80.0 cm³/mol. The number of halogens is 5. The Bertz CT molecular complexity index is 769. The first-order chi connectivity index (χ1) is 11.9. The number of urea groups is 1. The topological polar surface area (TPSA) is 50.4 Å². The van der Waals surface area contributed by atoms with E-state index in [1.165, 1.54) is 7.11 Å². The zero-order valence-electron chi connectivity index (χ0n) is 12.9. The molecule has 0 heterocycles. The number of para-hydroxylation sites is 1. The molecule has 25 heavy (non-hydrogen) atoms. The van der Waals surface area contributed by atoms with Crippen LogP contribution in [-0.2, 0) is 6.42 Å². The molecule has 0 saturated carbocycles. The highest BCUT2D eigenvalue weighted by Gasteiger charge is 2.26. The van der Waals surface area contributed by atoms with Gasteiger partial charge in [-0.05, 0) is 18.1 Å². The molecular formula is C16H13F5N2O2. The maximum atomic E-state index is 13.5. The van der Waals surface area contributed by atoms with Gasteiger partial charge in [0.25, 0.3) is 0 Å². The van der Waals surface area contributed by atoms with E-state index in [1.54, 1.807) is 29.6 Å². The molecule has 2 rings (SSSR count). The van der Waals surface area contributed by atoms with Crippen molar-refractivity contribution in [1.82, 2.24) is 5.32 Å². The van der Waals surface area contributed by atoms with Gasteiger partial charge in [-0.25, -0.2) is 26.7 Å². The third-order valence-corrected chi connectivity index (χ3v) is 3.32. The van der Waals surface area contributed by atoms with Crippen molar-refractivity contribution in [2.24, 2.45) is 0 Å². The largest absolute Gasteiger partial charge is 0.496 e. The maximum absolute atomic E-state index is 13.5. The molecule has 0 aliphatic heterocycles. The van der Waals surface area contributed by atoms with Crippen molar-refractivity contribution in [3.05, 3.63) is 58.9 Å².